The summed E-state index contributed by atoms with van der Waals surface area (Å²) in [5.41, 5.74) is -0.246. The van der Waals surface area contributed by atoms with Crippen LogP contribution in [-0.2, 0) is 19.0 Å². The zero-order chi connectivity index (χ0) is 18.5. The number of epoxide rings is 1. The van der Waals surface area contributed by atoms with Crippen molar-refractivity contribution in [2.45, 2.75) is 83.5 Å². The number of carbonyl (C=O) groups is 1. The molecule has 2 bridgehead atoms. The molecule has 0 aromatic carbocycles. The Balaban J connectivity index is 1.54. The van der Waals surface area contributed by atoms with Crippen LogP contribution >= 0.6 is 0 Å². The van der Waals surface area contributed by atoms with Gasteiger partial charge in [0.15, 0.2) is 0 Å². The number of hydrogen-bond donors (Lipinski definition) is 0. The topological polar surface area (TPSA) is 48.1 Å². The largest absolute Gasteiger partial charge is 0.469 e. The van der Waals surface area contributed by atoms with Crippen LogP contribution in [0.3, 0.4) is 0 Å². The van der Waals surface area contributed by atoms with Crippen molar-refractivity contribution in [3.63, 3.8) is 0 Å². The molecule has 6 rings (SSSR count). The van der Waals surface area contributed by atoms with Gasteiger partial charge in [0.2, 0.25) is 0 Å². The van der Waals surface area contributed by atoms with Gasteiger partial charge in [0, 0.05) is 5.92 Å². The maximum Gasteiger partial charge on any atom is 0.311 e. The first kappa shape index (κ1) is 17.5. The molecule has 0 radical (unpaired) electrons. The van der Waals surface area contributed by atoms with Gasteiger partial charge in [-0.3, -0.25) is 4.79 Å². The molecular weight excluding hydrogens is 328 g/mol. The van der Waals surface area contributed by atoms with Gasteiger partial charge in [-0.15, -0.1) is 0 Å². The second-order valence-electron chi connectivity index (χ2n) is 10.6. The molecule has 0 amide bonds. The summed E-state index contributed by atoms with van der Waals surface area (Å²) >= 11 is 0. The third kappa shape index (κ3) is 1.73. The highest BCUT2D eigenvalue weighted by Gasteiger charge is 2.81. The molecule has 0 aromatic heterocycles. The highest BCUT2D eigenvalue weighted by Crippen LogP contribution is 2.74. The third-order valence-corrected chi connectivity index (χ3v) is 9.57. The van der Waals surface area contributed by atoms with Crippen LogP contribution in [0.5, 0.6) is 0 Å². The van der Waals surface area contributed by atoms with Gasteiger partial charge < -0.3 is 14.2 Å². The van der Waals surface area contributed by atoms with Crippen LogP contribution in [0, 0.1) is 34.5 Å². The van der Waals surface area contributed by atoms with E-state index in [1.807, 2.05) is 0 Å². The molecular formula is C22H34O4. The van der Waals surface area contributed by atoms with E-state index in [-0.39, 0.29) is 34.1 Å². The van der Waals surface area contributed by atoms with Gasteiger partial charge >= 0.3 is 5.97 Å². The average Bonchev–Trinajstić information content (AvgIpc) is 3.40. The Hall–Kier alpha value is -0.610. The van der Waals surface area contributed by atoms with Crippen LogP contribution in [-0.4, -0.2) is 37.0 Å². The summed E-state index contributed by atoms with van der Waals surface area (Å²) in [6.07, 6.45) is 6.84. The van der Waals surface area contributed by atoms with E-state index in [1.54, 1.807) is 7.11 Å². The summed E-state index contributed by atoms with van der Waals surface area (Å²) in [5.74, 6) is 1.96. The smallest absolute Gasteiger partial charge is 0.311 e. The van der Waals surface area contributed by atoms with Crippen molar-refractivity contribution in [1.29, 1.82) is 0 Å². The maximum atomic E-state index is 12.7. The standard InChI is InChI=1S/C22H34O4/c1-13(2)22-14-11-16-19(3)8-6-9-20(4,18(23)24-5)15(19)7-10-21(16,25-12-14)17(22)26-22/h13-17H,6-12H2,1-5H3/t14-,15-,16-,17+,19-,20-,21-,22-/m1/s1. The Morgan fingerprint density at radius 1 is 1.15 bits per heavy atom. The van der Waals surface area contributed by atoms with E-state index in [9.17, 15) is 4.79 Å². The predicted octanol–water partition coefficient (Wildman–Crippen LogP) is 3.96. The molecule has 4 heteroatoms. The van der Waals surface area contributed by atoms with Crippen molar-refractivity contribution in [2.75, 3.05) is 13.7 Å². The van der Waals surface area contributed by atoms with E-state index in [1.165, 1.54) is 12.8 Å². The summed E-state index contributed by atoms with van der Waals surface area (Å²) in [6.45, 7) is 10.1. The van der Waals surface area contributed by atoms with Crippen molar-refractivity contribution in [2.24, 2.45) is 34.5 Å². The van der Waals surface area contributed by atoms with Crippen molar-refractivity contribution in [3.05, 3.63) is 0 Å². The summed E-state index contributed by atoms with van der Waals surface area (Å²) < 4.78 is 18.4. The van der Waals surface area contributed by atoms with E-state index < -0.39 is 0 Å². The Morgan fingerprint density at radius 2 is 1.92 bits per heavy atom. The molecule has 8 atom stereocenters. The van der Waals surface area contributed by atoms with Gasteiger partial charge in [0.1, 0.15) is 17.3 Å². The summed E-state index contributed by atoms with van der Waals surface area (Å²) in [4.78, 5) is 12.7. The molecule has 146 valence electrons. The van der Waals surface area contributed by atoms with E-state index in [0.717, 1.165) is 32.3 Å². The van der Waals surface area contributed by atoms with Crippen molar-refractivity contribution < 1.29 is 19.0 Å². The SMILES string of the molecule is COC(=O)[C@]1(C)CCC[C@@]2(C)[C@H]3C[C@@H]4CO[C@@]3(CC[C@H]21)[C@@H]1O[C@]41C(C)C. The van der Waals surface area contributed by atoms with Crippen LogP contribution in [0.1, 0.15) is 66.2 Å². The van der Waals surface area contributed by atoms with Gasteiger partial charge in [-0.25, -0.2) is 0 Å². The van der Waals surface area contributed by atoms with Crippen LogP contribution in [0.4, 0.5) is 0 Å². The molecule has 3 saturated heterocycles. The fraction of sp³-hybridized carbons (Fsp3) is 0.955. The molecule has 3 aliphatic heterocycles. The predicted molar refractivity (Wildman–Crippen MR) is 97.5 cm³/mol. The van der Waals surface area contributed by atoms with Gasteiger partial charge in [-0.1, -0.05) is 27.2 Å². The lowest BCUT2D eigenvalue weighted by atomic mass is 9.41. The maximum absolute atomic E-state index is 12.7. The first-order valence-corrected chi connectivity index (χ1v) is 10.7. The molecule has 0 unspecified atom stereocenters. The van der Waals surface area contributed by atoms with Crippen LogP contribution in [0.15, 0.2) is 0 Å². The molecule has 6 aliphatic rings. The molecule has 26 heavy (non-hydrogen) atoms. The number of rotatable bonds is 2. The van der Waals surface area contributed by atoms with Gasteiger partial charge in [0.05, 0.1) is 19.1 Å². The molecule has 6 fully saturated rings. The van der Waals surface area contributed by atoms with Gasteiger partial charge in [-0.2, -0.15) is 0 Å². The average molecular weight is 363 g/mol. The quantitative estimate of drug-likeness (QED) is 0.551. The number of carbonyl (C=O) groups excluding carboxylic acids is 1. The number of methoxy groups -OCH3 is 1. The minimum atomic E-state index is -0.348. The Kier molecular flexibility index (Phi) is 3.40. The lowest BCUT2D eigenvalue weighted by molar-refractivity contribution is -0.260. The minimum Gasteiger partial charge on any atom is -0.469 e. The molecule has 0 aromatic rings. The summed E-state index contributed by atoms with van der Waals surface area (Å²) in [6, 6.07) is 0. The van der Waals surface area contributed by atoms with Crippen LogP contribution in [0.2, 0.25) is 0 Å². The lowest BCUT2D eigenvalue weighted by Crippen LogP contribution is -2.70. The molecule has 3 saturated carbocycles. The third-order valence-electron chi connectivity index (χ3n) is 9.57. The van der Waals surface area contributed by atoms with E-state index >= 15 is 0 Å². The molecule has 0 N–H and O–H groups in total. The number of fused-ring (bicyclic) bond motifs is 2. The lowest BCUT2D eigenvalue weighted by Gasteiger charge is -2.66. The summed E-state index contributed by atoms with van der Waals surface area (Å²) in [7, 11) is 1.55. The zero-order valence-electron chi connectivity index (χ0n) is 17.0. The number of ether oxygens (including phenoxy) is 3. The van der Waals surface area contributed by atoms with Crippen molar-refractivity contribution >= 4 is 5.97 Å². The van der Waals surface area contributed by atoms with E-state index in [4.69, 9.17) is 14.2 Å². The van der Waals surface area contributed by atoms with Crippen molar-refractivity contribution in [1.82, 2.24) is 0 Å². The molecule has 3 heterocycles. The Bertz CT molecular complexity index is 646. The Labute approximate surface area is 157 Å². The number of hydrogen-bond acceptors (Lipinski definition) is 4. The number of esters is 1. The van der Waals surface area contributed by atoms with Crippen LogP contribution < -0.4 is 0 Å². The first-order chi connectivity index (χ1) is 12.3. The second-order valence-corrected chi connectivity index (χ2v) is 10.6. The van der Waals surface area contributed by atoms with Gasteiger partial charge in [0.25, 0.3) is 0 Å². The molecule has 3 aliphatic carbocycles. The molecule has 1 spiro atoms. The van der Waals surface area contributed by atoms with Crippen LogP contribution in [0.25, 0.3) is 0 Å². The zero-order valence-corrected chi connectivity index (χ0v) is 17.0. The van der Waals surface area contributed by atoms with Crippen molar-refractivity contribution in [3.8, 4) is 0 Å². The fourth-order valence-electron chi connectivity index (χ4n) is 8.38. The Morgan fingerprint density at radius 3 is 2.62 bits per heavy atom. The van der Waals surface area contributed by atoms with E-state index in [0.29, 0.717) is 23.7 Å². The monoisotopic (exact) mass is 362 g/mol. The molecule has 4 nitrogen and oxygen atoms in total. The fourth-order valence-corrected chi connectivity index (χ4v) is 8.38. The summed E-state index contributed by atoms with van der Waals surface area (Å²) in [5, 5.41) is 0. The first-order valence-electron chi connectivity index (χ1n) is 10.7. The minimum absolute atomic E-state index is 0.00883. The van der Waals surface area contributed by atoms with E-state index in [2.05, 4.69) is 27.7 Å². The normalized spacial score (nSPS) is 57.2. The van der Waals surface area contributed by atoms with Gasteiger partial charge in [-0.05, 0) is 62.2 Å². The highest BCUT2D eigenvalue weighted by atomic mass is 16.7. The second kappa shape index (κ2) is 5.05. The highest BCUT2D eigenvalue weighted by molar-refractivity contribution is 5.77.